The first-order chi connectivity index (χ1) is 9.26. The lowest BCUT2D eigenvalue weighted by Crippen LogP contribution is -2.24. The molecule has 4 nitrogen and oxygen atoms in total. The number of nitrogens with one attached hydrogen (secondary N) is 1. The zero-order chi connectivity index (χ0) is 13.9. The van der Waals surface area contributed by atoms with Crippen LogP contribution in [0.15, 0.2) is 24.3 Å². The summed E-state index contributed by atoms with van der Waals surface area (Å²) in [6, 6.07) is 7.55. The largest absolute Gasteiger partial charge is 0.497 e. The van der Waals surface area contributed by atoms with Gasteiger partial charge in [0.25, 0.3) is 0 Å². The highest BCUT2D eigenvalue weighted by Crippen LogP contribution is 2.16. The van der Waals surface area contributed by atoms with Gasteiger partial charge in [0.2, 0.25) is 0 Å². The minimum Gasteiger partial charge on any atom is -0.497 e. The Kier molecular flexibility index (Phi) is 8.38. The van der Waals surface area contributed by atoms with E-state index in [9.17, 15) is 0 Å². The van der Waals surface area contributed by atoms with E-state index in [2.05, 4.69) is 5.32 Å². The van der Waals surface area contributed by atoms with Crippen LogP contribution >= 0.6 is 11.6 Å². The Labute approximate surface area is 120 Å². The average molecular weight is 288 g/mol. The van der Waals surface area contributed by atoms with Crippen LogP contribution in [0, 0.1) is 0 Å². The van der Waals surface area contributed by atoms with E-state index < -0.39 is 0 Å². The molecular formula is C14H22ClNO3. The Morgan fingerprint density at radius 3 is 2.42 bits per heavy atom. The lowest BCUT2D eigenvalue weighted by atomic mass is 10.3. The van der Waals surface area contributed by atoms with E-state index in [0.717, 1.165) is 31.0 Å². The summed E-state index contributed by atoms with van der Waals surface area (Å²) in [5, 5.41) is 3.35. The highest BCUT2D eigenvalue weighted by molar-refractivity contribution is 6.20. The number of hydrogen-bond donors (Lipinski definition) is 1. The van der Waals surface area contributed by atoms with Crippen LogP contribution < -0.4 is 14.8 Å². The lowest BCUT2D eigenvalue weighted by Gasteiger charge is -2.10. The minimum absolute atomic E-state index is 0.0695. The highest BCUT2D eigenvalue weighted by Gasteiger charge is 2.02. The van der Waals surface area contributed by atoms with Crippen molar-refractivity contribution < 1.29 is 14.2 Å². The molecule has 0 aromatic heterocycles. The van der Waals surface area contributed by atoms with Crippen LogP contribution in [-0.2, 0) is 4.74 Å². The zero-order valence-electron chi connectivity index (χ0n) is 11.5. The third-order valence-electron chi connectivity index (χ3n) is 2.59. The molecule has 19 heavy (non-hydrogen) atoms. The van der Waals surface area contributed by atoms with Gasteiger partial charge < -0.3 is 19.5 Å². The predicted octanol–water partition coefficient (Wildman–Crippen LogP) is 2.31. The van der Waals surface area contributed by atoms with Crippen LogP contribution in [0.2, 0.25) is 0 Å². The van der Waals surface area contributed by atoms with Crippen LogP contribution in [0.1, 0.15) is 6.42 Å². The van der Waals surface area contributed by atoms with Gasteiger partial charge in [0, 0.05) is 13.7 Å². The van der Waals surface area contributed by atoms with E-state index in [1.54, 1.807) is 14.2 Å². The van der Waals surface area contributed by atoms with Gasteiger partial charge in [-0.1, -0.05) is 0 Å². The van der Waals surface area contributed by atoms with Gasteiger partial charge in [0.1, 0.15) is 18.1 Å². The highest BCUT2D eigenvalue weighted by atomic mass is 35.5. The molecule has 0 spiro atoms. The molecule has 0 aliphatic rings. The lowest BCUT2D eigenvalue weighted by molar-refractivity contribution is 0.195. The summed E-state index contributed by atoms with van der Waals surface area (Å²) in [6.07, 6.45) is 0.887. The van der Waals surface area contributed by atoms with Crippen molar-refractivity contribution in [1.29, 1.82) is 0 Å². The summed E-state index contributed by atoms with van der Waals surface area (Å²) in [5.74, 6) is 1.67. The van der Waals surface area contributed by atoms with Gasteiger partial charge in [0.05, 0.1) is 19.1 Å². The number of benzene rings is 1. The molecule has 0 aliphatic carbocycles. The second-order valence-corrected chi connectivity index (χ2v) is 4.73. The van der Waals surface area contributed by atoms with Gasteiger partial charge in [-0.05, 0) is 37.2 Å². The van der Waals surface area contributed by atoms with Crippen molar-refractivity contribution in [3.05, 3.63) is 24.3 Å². The van der Waals surface area contributed by atoms with Crippen LogP contribution in [0.5, 0.6) is 11.5 Å². The smallest absolute Gasteiger partial charge is 0.119 e. The standard InChI is InChI=1S/C14H22ClNO3/c1-17-11-12(15)7-8-16-9-10-19-14-5-3-13(18-2)4-6-14/h3-6,12,16H,7-11H2,1-2H3. The first kappa shape index (κ1) is 16.1. The summed E-state index contributed by atoms with van der Waals surface area (Å²) in [4.78, 5) is 0. The molecule has 0 saturated heterocycles. The fraction of sp³-hybridized carbons (Fsp3) is 0.571. The summed E-state index contributed by atoms with van der Waals surface area (Å²) >= 11 is 6.01. The third kappa shape index (κ3) is 7.25. The maximum absolute atomic E-state index is 6.01. The molecule has 1 aromatic rings. The number of rotatable bonds is 10. The number of methoxy groups -OCH3 is 2. The summed E-state index contributed by atoms with van der Waals surface area (Å²) < 4.78 is 15.6. The molecule has 1 unspecified atom stereocenters. The molecule has 0 amide bonds. The molecule has 0 bridgehead atoms. The molecule has 0 heterocycles. The Bertz CT molecular complexity index is 332. The summed E-state index contributed by atoms with van der Waals surface area (Å²) in [5.41, 5.74) is 0. The molecular weight excluding hydrogens is 266 g/mol. The van der Waals surface area contributed by atoms with Gasteiger partial charge in [-0.3, -0.25) is 0 Å². The molecule has 1 rings (SSSR count). The van der Waals surface area contributed by atoms with Crippen molar-refractivity contribution in [2.24, 2.45) is 0 Å². The first-order valence-electron chi connectivity index (χ1n) is 6.37. The normalized spacial score (nSPS) is 12.2. The molecule has 0 fully saturated rings. The molecule has 1 aromatic carbocycles. The van der Waals surface area contributed by atoms with E-state index in [4.69, 9.17) is 25.8 Å². The van der Waals surface area contributed by atoms with Gasteiger partial charge in [-0.2, -0.15) is 0 Å². The minimum atomic E-state index is 0.0695. The topological polar surface area (TPSA) is 39.7 Å². The van der Waals surface area contributed by atoms with Gasteiger partial charge in [0.15, 0.2) is 0 Å². The van der Waals surface area contributed by atoms with E-state index in [1.165, 1.54) is 0 Å². The second kappa shape index (κ2) is 9.89. The average Bonchev–Trinajstić information content (AvgIpc) is 2.43. The Hall–Kier alpha value is -0.970. The van der Waals surface area contributed by atoms with Crippen molar-refractivity contribution in [2.75, 3.05) is 40.5 Å². The van der Waals surface area contributed by atoms with Crippen molar-refractivity contribution in [2.45, 2.75) is 11.8 Å². The molecule has 0 aliphatic heterocycles. The third-order valence-corrected chi connectivity index (χ3v) is 2.93. The second-order valence-electron chi connectivity index (χ2n) is 4.12. The number of halogens is 1. The van der Waals surface area contributed by atoms with Gasteiger partial charge in [-0.15, -0.1) is 11.6 Å². The summed E-state index contributed by atoms with van der Waals surface area (Å²) in [6.45, 7) is 2.88. The molecule has 0 saturated carbocycles. The maximum atomic E-state index is 6.01. The van der Waals surface area contributed by atoms with Crippen LogP contribution in [0.25, 0.3) is 0 Å². The Morgan fingerprint density at radius 2 is 1.79 bits per heavy atom. The zero-order valence-corrected chi connectivity index (χ0v) is 12.3. The number of alkyl halides is 1. The van der Waals surface area contributed by atoms with Crippen LogP contribution in [0.4, 0.5) is 0 Å². The maximum Gasteiger partial charge on any atom is 0.119 e. The van der Waals surface area contributed by atoms with E-state index in [0.29, 0.717) is 13.2 Å². The quantitative estimate of drug-likeness (QED) is 0.529. The molecule has 1 N–H and O–H groups in total. The number of hydrogen-bond acceptors (Lipinski definition) is 4. The van der Waals surface area contributed by atoms with E-state index in [1.807, 2.05) is 24.3 Å². The van der Waals surface area contributed by atoms with Crippen LogP contribution in [0.3, 0.4) is 0 Å². The van der Waals surface area contributed by atoms with Gasteiger partial charge in [-0.25, -0.2) is 0 Å². The predicted molar refractivity (Wildman–Crippen MR) is 77.5 cm³/mol. The van der Waals surface area contributed by atoms with Crippen molar-refractivity contribution in [3.63, 3.8) is 0 Å². The van der Waals surface area contributed by atoms with Crippen molar-refractivity contribution >= 4 is 11.6 Å². The SMILES string of the molecule is COCC(Cl)CCNCCOc1ccc(OC)cc1. The van der Waals surface area contributed by atoms with Crippen LogP contribution in [-0.4, -0.2) is 45.9 Å². The first-order valence-corrected chi connectivity index (χ1v) is 6.80. The molecule has 0 radical (unpaired) electrons. The fourth-order valence-electron chi connectivity index (χ4n) is 1.56. The molecule has 1 atom stereocenters. The van der Waals surface area contributed by atoms with Gasteiger partial charge >= 0.3 is 0 Å². The van der Waals surface area contributed by atoms with Crippen molar-refractivity contribution in [1.82, 2.24) is 5.32 Å². The monoisotopic (exact) mass is 287 g/mol. The molecule has 108 valence electrons. The fourth-order valence-corrected chi connectivity index (χ4v) is 1.80. The van der Waals surface area contributed by atoms with E-state index in [-0.39, 0.29) is 5.38 Å². The Balaban J connectivity index is 2.04. The Morgan fingerprint density at radius 1 is 1.11 bits per heavy atom. The van der Waals surface area contributed by atoms with E-state index >= 15 is 0 Å². The summed E-state index contributed by atoms with van der Waals surface area (Å²) in [7, 11) is 3.30. The van der Waals surface area contributed by atoms with Crippen molar-refractivity contribution in [3.8, 4) is 11.5 Å². The number of ether oxygens (including phenoxy) is 3. The molecule has 5 heteroatoms.